The first-order valence-electron chi connectivity index (χ1n) is 5.90. The zero-order chi connectivity index (χ0) is 14.5. The van der Waals surface area contributed by atoms with Crippen LogP contribution in [-0.2, 0) is 0 Å². The highest BCUT2D eigenvalue weighted by Gasteiger charge is 2.31. The summed E-state index contributed by atoms with van der Waals surface area (Å²) in [5, 5.41) is 21.0. The summed E-state index contributed by atoms with van der Waals surface area (Å²) >= 11 is 0. The Labute approximate surface area is 111 Å². The maximum absolute atomic E-state index is 13.7. The molecule has 0 aliphatic rings. The minimum absolute atomic E-state index is 0.0957. The topological polar surface area (TPSA) is 78.8 Å². The van der Waals surface area contributed by atoms with Crippen LogP contribution in [0.5, 0.6) is 5.75 Å². The lowest BCUT2D eigenvalue weighted by Crippen LogP contribution is -2.54. The van der Waals surface area contributed by atoms with Crippen LogP contribution in [0.1, 0.15) is 23.7 Å². The third-order valence-electron chi connectivity index (χ3n) is 3.08. The summed E-state index contributed by atoms with van der Waals surface area (Å²) in [6, 6.07) is 4.03. The number of nitrogens with one attached hydrogen (secondary N) is 1. The number of carbonyl (C=O) groups excluding carboxylic acids is 1. The number of benzene rings is 1. The summed E-state index contributed by atoms with van der Waals surface area (Å²) in [6.07, 6.45) is 0.308. The molecule has 1 aromatic rings. The van der Waals surface area contributed by atoms with Crippen molar-refractivity contribution in [3.63, 3.8) is 0 Å². The summed E-state index contributed by atoms with van der Waals surface area (Å²) in [5.74, 6) is -1.36. The van der Waals surface area contributed by atoms with Crippen molar-refractivity contribution < 1.29 is 24.1 Å². The van der Waals surface area contributed by atoms with Crippen LogP contribution in [0.3, 0.4) is 0 Å². The molecule has 0 saturated heterocycles. The molecule has 0 saturated carbocycles. The first-order chi connectivity index (χ1) is 9.03. The molecule has 0 atom stereocenters. The number of ether oxygens (including phenoxy) is 1. The molecular formula is C13H18FNO4. The van der Waals surface area contributed by atoms with E-state index in [9.17, 15) is 19.4 Å². The number of hydrogen-bond donors (Lipinski definition) is 3. The minimum Gasteiger partial charge on any atom is -0.496 e. The second-order valence-electron chi connectivity index (χ2n) is 4.22. The molecule has 1 amide bonds. The molecule has 0 spiro atoms. The molecule has 0 radical (unpaired) electrons. The van der Waals surface area contributed by atoms with Crippen LogP contribution in [0.2, 0.25) is 0 Å². The number of halogens is 1. The van der Waals surface area contributed by atoms with E-state index < -0.39 is 30.5 Å². The van der Waals surface area contributed by atoms with Gasteiger partial charge < -0.3 is 20.3 Å². The molecular weight excluding hydrogens is 253 g/mol. The smallest absolute Gasteiger partial charge is 0.258 e. The van der Waals surface area contributed by atoms with Gasteiger partial charge in [0.1, 0.15) is 17.1 Å². The van der Waals surface area contributed by atoms with Gasteiger partial charge in [-0.1, -0.05) is 13.0 Å². The lowest BCUT2D eigenvalue weighted by Gasteiger charge is -2.29. The van der Waals surface area contributed by atoms with Gasteiger partial charge in [0, 0.05) is 0 Å². The maximum Gasteiger partial charge on any atom is 0.258 e. The molecule has 1 aromatic carbocycles. The third kappa shape index (κ3) is 3.21. The number of amides is 1. The van der Waals surface area contributed by atoms with Gasteiger partial charge >= 0.3 is 0 Å². The summed E-state index contributed by atoms with van der Waals surface area (Å²) in [6.45, 7) is 0.816. The fraction of sp³-hybridized carbons (Fsp3) is 0.462. The van der Waals surface area contributed by atoms with Gasteiger partial charge in [-0.05, 0) is 18.6 Å². The molecule has 0 fully saturated rings. The van der Waals surface area contributed by atoms with E-state index in [4.69, 9.17) is 4.74 Å². The normalized spacial score (nSPS) is 11.2. The van der Waals surface area contributed by atoms with Gasteiger partial charge in [-0.3, -0.25) is 4.79 Å². The predicted octanol–water partition coefficient (Wildman–Crippen LogP) is 0.698. The highest BCUT2D eigenvalue weighted by atomic mass is 19.1. The van der Waals surface area contributed by atoms with E-state index in [1.165, 1.54) is 19.2 Å². The van der Waals surface area contributed by atoms with E-state index in [-0.39, 0.29) is 11.3 Å². The zero-order valence-corrected chi connectivity index (χ0v) is 10.9. The van der Waals surface area contributed by atoms with E-state index in [1.807, 2.05) is 0 Å². The van der Waals surface area contributed by atoms with Crippen molar-refractivity contribution in [3.8, 4) is 5.75 Å². The van der Waals surface area contributed by atoms with E-state index in [0.29, 0.717) is 6.42 Å². The lowest BCUT2D eigenvalue weighted by molar-refractivity contribution is 0.0647. The van der Waals surface area contributed by atoms with E-state index in [1.54, 1.807) is 6.92 Å². The van der Waals surface area contributed by atoms with Crippen molar-refractivity contribution in [1.82, 2.24) is 5.32 Å². The number of aliphatic hydroxyl groups is 2. The Bertz CT molecular complexity index is 438. The molecule has 6 heteroatoms. The summed E-state index contributed by atoms with van der Waals surface area (Å²) in [4.78, 5) is 12.1. The van der Waals surface area contributed by atoms with E-state index >= 15 is 0 Å². The summed E-state index contributed by atoms with van der Waals surface area (Å²) in [7, 11) is 1.33. The van der Waals surface area contributed by atoms with Crippen molar-refractivity contribution in [1.29, 1.82) is 0 Å². The van der Waals surface area contributed by atoms with Crippen LogP contribution in [0.4, 0.5) is 4.39 Å². The fourth-order valence-corrected chi connectivity index (χ4v) is 1.64. The monoisotopic (exact) mass is 271 g/mol. The zero-order valence-electron chi connectivity index (χ0n) is 10.9. The molecule has 1 rings (SSSR count). The van der Waals surface area contributed by atoms with Gasteiger partial charge in [-0.2, -0.15) is 0 Å². The van der Waals surface area contributed by atoms with Crippen molar-refractivity contribution in [3.05, 3.63) is 29.6 Å². The van der Waals surface area contributed by atoms with Crippen LogP contribution in [0, 0.1) is 5.82 Å². The Kier molecular flexibility index (Phi) is 5.26. The largest absolute Gasteiger partial charge is 0.496 e. The molecule has 3 N–H and O–H groups in total. The molecule has 19 heavy (non-hydrogen) atoms. The molecule has 0 aliphatic carbocycles. The molecule has 0 aromatic heterocycles. The van der Waals surface area contributed by atoms with Crippen molar-refractivity contribution in [2.45, 2.75) is 18.9 Å². The van der Waals surface area contributed by atoms with E-state index in [2.05, 4.69) is 5.32 Å². The lowest BCUT2D eigenvalue weighted by atomic mass is 9.97. The van der Waals surface area contributed by atoms with Gasteiger partial charge in [0.2, 0.25) is 0 Å². The quantitative estimate of drug-likeness (QED) is 0.711. The fourth-order valence-electron chi connectivity index (χ4n) is 1.64. The minimum atomic E-state index is -1.18. The molecule has 0 heterocycles. The highest BCUT2D eigenvalue weighted by Crippen LogP contribution is 2.22. The maximum atomic E-state index is 13.7. The molecule has 106 valence electrons. The van der Waals surface area contributed by atoms with Crippen molar-refractivity contribution in [2.75, 3.05) is 20.3 Å². The standard InChI is InChI=1S/C13H18FNO4/c1-3-13(7-16,8-17)15-12(18)11-9(14)5-4-6-10(11)19-2/h4-6,16-17H,3,7-8H2,1-2H3,(H,15,18). The highest BCUT2D eigenvalue weighted by molar-refractivity contribution is 5.97. The van der Waals surface area contributed by atoms with Crippen molar-refractivity contribution in [2.24, 2.45) is 0 Å². The summed E-state index contributed by atoms with van der Waals surface area (Å²) < 4.78 is 18.6. The van der Waals surface area contributed by atoms with Gasteiger partial charge in [0.05, 0.1) is 25.9 Å². The Hall–Kier alpha value is -1.66. The van der Waals surface area contributed by atoms with Crippen LogP contribution in [0.15, 0.2) is 18.2 Å². The van der Waals surface area contributed by atoms with Crippen molar-refractivity contribution >= 4 is 5.91 Å². The SMILES string of the molecule is CCC(CO)(CO)NC(=O)c1c(F)cccc1OC. The van der Waals surface area contributed by atoms with E-state index in [0.717, 1.165) is 6.07 Å². The number of rotatable bonds is 6. The number of carbonyl (C=O) groups is 1. The molecule has 5 nitrogen and oxygen atoms in total. The van der Waals surface area contributed by atoms with Crippen LogP contribution < -0.4 is 10.1 Å². The van der Waals surface area contributed by atoms with Gasteiger partial charge in [0.25, 0.3) is 5.91 Å². The van der Waals surface area contributed by atoms with Gasteiger partial charge in [-0.15, -0.1) is 0 Å². The first kappa shape index (κ1) is 15.4. The number of hydrogen-bond acceptors (Lipinski definition) is 4. The summed E-state index contributed by atoms with van der Waals surface area (Å²) in [5.41, 5.74) is -1.42. The van der Waals surface area contributed by atoms with Gasteiger partial charge in [-0.25, -0.2) is 4.39 Å². The number of methoxy groups -OCH3 is 1. The molecule has 0 bridgehead atoms. The Morgan fingerprint density at radius 2 is 2.05 bits per heavy atom. The third-order valence-corrected chi connectivity index (χ3v) is 3.08. The number of aliphatic hydroxyl groups excluding tert-OH is 2. The Balaban J connectivity index is 3.07. The second kappa shape index (κ2) is 6.49. The average molecular weight is 271 g/mol. The van der Waals surface area contributed by atoms with Crippen LogP contribution in [0.25, 0.3) is 0 Å². The van der Waals surface area contributed by atoms with Crippen LogP contribution >= 0.6 is 0 Å². The van der Waals surface area contributed by atoms with Gasteiger partial charge in [0.15, 0.2) is 0 Å². The predicted molar refractivity (Wildman–Crippen MR) is 67.6 cm³/mol. The Morgan fingerprint density at radius 1 is 1.42 bits per heavy atom. The average Bonchev–Trinajstić information content (AvgIpc) is 2.44. The molecule has 0 aliphatic heterocycles. The second-order valence-corrected chi connectivity index (χ2v) is 4.22. The van der Waals surface area contributed by atoms with Crippen LogP contribution in [-0.4, -0.2) is 42.0 Å². The first-order valence-corrected chi connectivity index (χ1v) is 5.90. The Morgan fingerprint density at radius 3 is 2.53 bits per heavy atom. The molecule has 0 unspecified atom stereocenters.